The van der Waals surface area contributed by atoms with Crippen LogP contribution in [0.1, 0.15) is 6.42 Å². The average molecular weight is 106 g/mol. The fraction of sp³-hybridized carbons (Fsp3) is 1.00. The highest BCUT2D eigenvalue weighted by Crippen LogP contribution is 2.05. The highest BCUT2D eigenvalue weighted by molar-refractivity contribution is 4.42. The van der Waals surface area contributed by atoms with Gasteiger partial charge in [0.1, 0.15) is 6.79 Å². The SMILES string of the molecule is FC1CCOCO1. The Balaban J connectivity index is 2.12. The van der Waals surface area contributed by atoms with Crippen LogP contribution in [0.5, 0.6) is 0 Å². The highest BCUT2D eigenvalue weighted by atomic mass is 19.1. The molecular formula is C4H7FO2. The van der Waals surface area contributed by atoms with Gasteiger partial charge in [-0.1, -0.05) is 0 Å². The standard InChI is InChI=1S/C4H7FO2/c5-4-1-2-6-3-7-4/h4H,1-3H2. The first-order valence-electron chi connectivity index (χ1n) is 2.23. The van der Waals surface area contributed by atoms with Crippen LogP contribution < -0.4 is 0 Å². The van der Waals surface area contributed by atoms with Crippen molar-refractivity contribution in [3.63, 3.8) is 0 Å². The van der Waals surface area contributed by atoms with Crippen molar-refractivity contribution >= 4 is 0 Å². The van der Waals surface area contributed by atoms with Crippen LogP contribution in [-0.4, -0.2) is 19.8 Å². The third kappa shape index (κ3) is 1.41. The topological polar surface area (TPSA) is 18.5 Å². The van der Waals surface area contributed by atoms with E-state index < -0.39 is 6.36 Å². The van der Waals surface area contributed by atoms with E-state index in [0.717, 1.165) is 0 Å². The zero-order chi connectivity index (χ0) is 5.11. The maximum atomic E-state index is 11.9. The lowest BCUT2D eigenvalue weighted by Crippen LogP contribution is -2.18. The number of hydrogen-bond donors (Lipinski definition) is 0. The Morgan fingerprint density at radius 2 is 2.43 bits per heavy atom. The Kier molecular flexibility index (Phi) is 1.59. The molecule has 42 valence electrons. The van der Waals surface area contributed by atoms with E-state index in [1.807, 2.05) is 0 Å². The van der Waals surface area contributed by atoms with Crippen molar-refractivity contribution in [2.45, 2.75) is 12.8 Å². The molecule has 0 radical (unpaired) electrons. The summed E-state index contributed by atoms with van der Waals surface area (Å²) >= 11 is 0. The maximum Gasteiger partial charge on any atom is 0.203 e. The predicted octanol–water partition coefficient (Wildman–Crippen LogP) is 0.676. The molecule has 1 rings (SSSR count). The second kappa shape index (κ2) is 2.23. The van der Waals surface area contributed by atoms with Crippen LogP contribution in [0.25, 0.3) is 0 Å². The summed E-state index contributed by atoms with van der Waals surface area (Å²) in [5, 5.41) is 0. The Morgan fingerprint density at radius 3 is 2.71 bits per heavy atom. The summed E-state index contributed by atoms with van der Waals surface area (Å²) < 4.78 is 20.9. The van der Waals surface area contributed by atoms with Crippen molar-refractivity contribution in [1.82, 2.24) is 0 Å². The summed E-state index contributed by atoms with van der Waals surface area (Å²) in [7, 11) is 0. The number of ether oxygens (including phenoxy) is 2. The Morgan fingerprint density at radius 1 is 1.57 bits per heavy atom. The lowest BCUT2D eigenvalue weighted by atomic mass is 10.4. The first-order chi connectivity index (χ1) is 3.39. The summed E-state index contributed by atoms with van der Waals surface area (Å²) in [5.74, 6) is 0. The van der Waals surface area contributed by atoms with Gasteiger partial charge in [0.25, 0.3) is 0 Å². The van der Waals surface area contributed by atoms with Crippen LogP contribution >= 0.6 is 0 Å². The minimum Gasteiger partial charge on any atom is -0.355 e. The Bertz CT molecular complexity index is 51.7. The average Bonchev–Trinajstić information content (AvgIpc) is 1.69. The first-order valence-corrected chi connectivity index (χ1v) is 2.23. The molecule has 0 saturated carbocycles. The summed E-state index contributed by atoms with van der Waals surface area (Å²) in [6.07, 6.45) is -0.714. The highest BCUT2D eigenvalue weighted by Gasteiger charge is 2.10. The monoisotopic (exact) mass is 106 g/mol. The van der Waals surface area contributed by atoms with Gasteiger partial charge in [0.15, 0.2) is 0 Å². The number of hydrogen-bond acceptors (Lipinski definition) is 2. The van der Waals surface area contributed by atoms with Gasteiger partial charge in [-0.25, -0.2) is 4.39 Å². The predicted molar refractivity (Wildman–Crippen MR) is 21.4 cm³/mol. The van der Waals surface area contributed by atoms with Crippen molar-refractivity contribution in [1.29, 1.82) is 0 Å². The van der Waals surface area contributed by atoms with Crippen molar-refractivity contribution < 1.29 is 13.9 Å². The van der Waals surface area contributed by atoms with E-state index in [-0.39, 0.29) is 6.79 Å². The van der Waals surface area contributed by atoms with Crippen LogP contribution in [0.3, 0.4) is 0 Å². The summed E-state index contributed by atoms with van der Waals surface area (Å²) in [6.45, 7) is 0.600. The molecule has 7 heavy (non-hydrogen) atoms. The van der Waals surface area contributed by atoms with Gasteiger partial charge < -0.3 is 9.47 Å². The molecular weight excluding hydrogens is 99.0 g/mol. The van der Waals surface area contributed by atoms with E-state index in [2.05, 4.69) is 9.47 Å². The van der Waals surface area contributed by atoms with E-state index in [4.69, 9.17) is 0 Å². The zero-order valence-electron chi connectivity index (χ0n) is 3.89. The fourth-order valence-corrected chi connectivity index (χ4v) is 0.440. The molecule has 0 N–H and O–H groups in total. The maximum absolute atomic E-state index is 11.9. The van der Waals surface area contributed by atoms with Gasteiger partial charge in [0.2, 0.25) is 6.36 Å². The normalized spacial score (nSPS) is 33.0. The largest absolute Gasteiger partial charge is 0.355 e. The van der Waals surface area contributed by atoms with Gasteiger partial charge >= 0.3 is 0 Å². The lowest BCUT2D eigenvalue weighted by Gasteiger charge is -2.14. The van der Waals surface area contributed by atoms with Crippen molar-refractivity contribution in [3.05, 3.63) is 0 Å². The van der Waals surface area contributed by atoms with Crippen molar-refractivity contribution in [2.75, 3.05) is 13.4 Å². The summed E-state index contributed by atoms with van der Waals surface area (Å²) in [6, 6.07) is 0. The van der Waals surface area contributed by atoms with Crippen molar-refractivity contribution in [2.24, 2.45) is 0 Å². The van der Waals surface area contributed by atoms with Gasteiger partial charge in [-0.05, 0) is 0 Å². The minimum atomic E-state index is -1.09. The quantitative estimate of drug-likeness (QED) is 0.452. The number of rotatable bonds is 0. The molecule has 0 aromatic rings. The number of alkyl halides is 1. The molecule has 1 saturated heterocycles. The third-order valence-corrected chi connectivity index (χ3v) is 0.821. The van der Waals surface area contributed by atoms with Crippen molar-refractivity contribution in [3.8, 4) is 0 Å². The lowest BCUT2D eigenvalue weighted by molar-refractivity contribution is -0.182. The van der Waals surface area contributed by atoms with Gasteiger partial charge in [0.05, 0.1) is 6.61 Å². The molecule has 0 aromatic carbocycles. The molecule has 0 bridgehead atoms. The second-order valence-electron chi connectivity index (χ2n) is 1.39. The fourth-order valence-electron chi connectivity index (χ4n) is 0.440. The third-order valence-electron chi connectivity index (χ3n) is 0.821. The van der Waals surface area contributed by atoms with E-state index in [1.54, 1.807) is 0 Å². The minimum absolute atomic E-state index is 0.112. The zero-order valence-corrected chi connectivity index (χ0v) is 3.89. The molecule has 2 nitrogen and oxygen atoms in total. The van der Waals surface area contributed by atoms with Crippen LogP contribution in [0, 0.1) is 0 Å². The molecule has 1 fully saturated rings. The molecule has 0 aliphatic carbocycles. The molecule has 3 heteroatoms. The smallest absolute Gasteiger partial charge is 0.203 e. The van der Waals surface area contributed by atoms with Gasteiger partial charge in [0, 0.05) is 6.42 Å². The Hall–Kier alpha value is -0.150. The van der Waals surface area contributed by atoms with Crippen LogP contribution in [0.4, 0.5) is 4.39 Å². The molecule has 1 atom stereocenters. The van der Waals surface area contributed by atoms with E-state index in [9.17, 15) is 4.39 Å². The molecule has 0 spiro atoms. The van der Waals surface area contributed by atoms with E-state index >= 15 is 0 Å². The summed E-state index contributed by atoms with van der Waals surface area (Å²) in [4.78, 5) is 0. The molecule has 1 aliphatic rings. The first kappa shape index (κ1) is 5.00. The van der Waals surface area contributed by atoms with Gasteiger partial charge in [-0.15, -0.1) is 0 Å². The molecule has 1 aliphatic heterocycles. The molecule has 0 amide bonds. The Labute approximate surface area is 41.2 Å². The number of halogens is 1. The van der Waals surface area contributed by atoms with Crippen LogP contribution in [0.2, 0.25) is 0 Å². The van der Waals surface area contributed by atoms with Gasteiger partial charge in [-0.3, -0.25) is 0 Å². The van der Waals surface area contributed by atoms with Crippen LogP contribution in [-0.2, 0) is 9.47 Å². The molecule has 0 aromatic heterocycles. The van der Waals surface area contributed by atoms with E-state index in [1.165, 1.54) is 0 Å². The van der Waals surface area contributed by atoms with Crippen LogP contribution in [0.15, 0.2) is 0 Å². The molecule has 1 unspecified atom stereocenters. The van der Waals surface area contributed by atoms with Gasteiger partial charge in [-0.2, -0.15) is 0 Å². The van der Waals surface area contributed by atoms with E-state index in [0.29, 0.717) is 13.0 Å². The summed E-state index contributed by atoms with van der Waals surface area (Å²) in [5.41, 5.74) is 0. The second-order valence-corrected chi connectivity index (χ2v) is 1.39. The molecule has 1 heterocycles.